The molecule has 0 fully saturated rings. The second-order valence-electron chi connectivity index (χ2n) is 17.6. The summed E-state index contributed by atoms with van der Waals surface area (Å²) in [5, 5.41) is 4.84. The molecule has 0 bridgehead atoms. The summed E-state index contributed by atoms with van der Waals surface area (Å²) in [5.74, 6) is 0. The van der Waals surface area contributed by atoms with Crippen molar-refractivity contribution in [1.29, 1.82) is 0 Å². The van der Waals surface area contributed by atoms with E-state index in [1.54, 1.807) is 0 Å². The first kappa shape index (κ1) is 39.4. The molecule has 0 aliphatic heterocycles. The van der Waals surface area contributed by atoms with Crippen molar-refractivity contribution in [3.05, 3.63) is 267 Å². The SMILES string of the molecule is c1ccc(-c2ccc(-n3c4c(-c5ccccc5)cc(-c5ccccc5)cc4c4cccc(-c5cccc6c7cc(-c8ccccc8)cc(-c8ccccc8)c7n(-c7ccccc7)c56)c43)cc2)cc1. The van der Waals surface area contributed by atoms with Gasteiger partial charge >= 0.3 is 0 Å². The maximum absolute atomic E-state index is 2.54. The molecule has 0 saturated heterocycles. The van der Waals surface area contributed by atoms with E-state index in [1.165, 1.54) is 110 Å². The minimum Gasteiger partial charge on any atom is -0.308 e. The van der Waals surface area contributed by atoms with Crippen LogP contribution < -0.4 is 0 Å². The van der Waals surface area contributed by atoms with Crippen LogP contribution in [-0.2, 0) is 0 Å². The summed E-state index contributed by atoms with van der Waals surface area (Å²) in [7, 11) is 0. The molecule has 0 radical (unpaired) electrons. The van der Waals surface area contributed by atoms with Crippen LogP contribution in [0.5, 0.6) is 0 Å². The fourth-order valence-electron chi connectivity index (χ4n) is 10.6. The highest BCUT2D eigenvalue weighted by Gasteiger charge is 2.25. The largest absolute Gasteiger partial charge is 0.308 e. The molecule has 0 amide bonds. The van der Waals surface area contributed by atoms with E-state index >= 15 is 0 Å². The molecule has 11 aromatic carbocycles. The van der Waals surface area contributed by atoms with Crippen LogP contribution in [0.25, 0.3) is 122 Å². The van der Waals surface area contributed by atoms with Gasteiger partial charge in [-0.05, 0) is 93.0 Å². The topological polar surface area (TPSA) is 9.86 Å². The van der Waals surface area contributed by atoms with Crippen LogP contribution in [0.1, 0.15) is 0 Å². The van der Waals surface area contributed by atoms with E-state index in [9.17, 15) is 0 Å². The molecule has 0 spiro atoms. The minimum absolute atomic E-state index is 1.11. The van der Waals surface area contributed by atoms with Gasteiger partial charge in [-0.2, -0.15) is 0 Å². The molecule has 318 valence electrons. The quantitative estimate of drug-likeness (QED) is 0.144. The average Bonchev–Trinajstić information content (AvgIpc) is 3.95. The predicted octanol–water partition coefficient (Wildman–Crippen LogP) is 17.9. The number of nitrogens with zero attached hydrogens (tertiary/aromatic N) is 2. The van der Waals surface area contributed by atoms with Crippen molar-refractivity contribution in [3.8, 4) is 78.1 Å². The van der Waals surface area contributed by atoms with Crippen molar-refractivity contribution < 1.29 is 0 Å². The molecule has 0 unspecified atom stereocenters. The van der Waals surface area contributed by atoms with Crippen LogP contribution in [0, 0.1) is 0 Å². The van der Waals surface area contributed by atoms with E-state index < -0.39 is 0 Å². The molecule has 13 aromatic rings. The van der Waals surface area contributed by atoms with E-state index in [0.29, 0.717) is 0 Å². The van der Waals surface area contributed by atoms with E-state index in [0.717, 1.165) is 11.4 Å². The van der Waals surface area contributed by atoms with Crippen molar-refractivity contribution in [2.24, 2.45) is 0 Å². The smallest absolute Gasteiger partial charge is 0.0620 e. The van der Waals surface area contributed by atoms with Crippen molar-refractivity contribution in [2.75, 3.05) is 0 Å². The molecule has 68 heavy (non-hydrogen) atoms. The first-order chi connectivity index (χ1) is 33.8. The predicted molar refractivity (Wildman–Crippen MR) is 288 cm³/mol. The number of hydrogen-bond acceptors (Lipinski definition) is 0. The summed E-state index contributed by atoms with van der Waals surface area (Å²) >= 11 is 0. The molecule has 0 aliphatic rings. The summed E-state index contributed by atoms with van der Waals surface area (Å²) in [5.41, 5.74) is 21.2. The minimum atomic E-state index is 1.11. The molecule has 13 rings (SSSR count). The lowest BCUT2D eigenvalue weighted by Crippen LogP contribution is -1.99. The number of hydrogen-bond donors (Lipinski definition) is 0. The summed E-state index contributed by atoms with van der Waals surface area (Å²) in [4.78, 5) is 0. The highest BCUT2D eigenvalue weighted by atomic mass is 15.0. The van der Waals surface area contributed by atoms with Gasteiger partial charge in [0.1, 0.15) is 0 Å². The molecule has 2 heterocycles. The van der Waals surface area contributed by atoms with Crippen molar-refractivity contribution in [3.63, 3.8) is 0 Å². The highest BCUT2D eigenvalue weighted by molar-refractivity contribution is 6.23. The second-order valence-corrected chi connectivity index (χ2v) is 17.6. The Bertz CT molecular complexity index is 3950. The Morgan fingerprint density at radius 3 is 0.882 bits per heavy atom. The van der Waals surface area contributed by atoms with Crippen molar-refractivity contribution >= 4 is 43.6 Å². The van der Waals surface area contributed by atoms with Crippen molar-refractivity contribution in [1.82, 2.24) is 9.13 Å². The van der Waals surface area contributed by atoms with Crippen molar-refractivity contribution in [2.45, 2.75) is 0 Å². The zero-order chi connectivity index (χ0) is 45.0. The third-order valence-corrected chi connectivity index (χ3v) is 13.7. The summed E-state index contributed by atoms with van der Waals surface area (Å²) in [6.45, 7) is 0. The maximum atomic E-state index is 2.54. The Morgan fingerprint density at radius 1 is 0.176 bits per heavy atom. The molecule has 2 aromatic heterocycles. The fourth-order valence-corrected chi connectivity index (χ4v) is 10.6. The van der Waals surface area contributed by atoms with Gasteiger partial charge in [-0.25, -0.2) is 0 Å². The fraction of sp³-hybridized carbons (Fsp3) is 0. The maximum Gasteiger partial charge on any atom is 0.0620 e. The Hall–Kier alpha value is -8.98. The number of fused-ring (bicyclic) bond motifs is 6. The average molecular weight is 865 g/mol. The molecule has 0 atom stereocenters. The molecular weight excluding hydrogens is 821 g/mol. The van der Waals surface area contributed by atoms with E-state index in [4.69, 9.17) is 0 Å². The number of benzene rings is 11. The van der Waals surface area contributed by atoms with Gasteiger partial charge in [0.05, 0.1) is 22.1 Å². The second kappa shape index (κ2) is 16.5. The number of aromatic nitrogens is 2. The first-order valence-corrected chi connectivity index (χ1v) is 23.4. The third-order valence-electron chi connectivity index (χ3n) is 13.7. The summed E-state index contributed by atoms with van der Waals surface area (Å²) in [6.07, 6.45) is 0. The number of para-hydroxylation sites is 3. The van der Waals surface area contributed by atoms with Crippen LogP contribution in [0.3, 0.4) is 0 Å². The molecule has 2 heteroatoms. The Morgan fingerprint density at radius 2 is 0.485 bits per heavy atom. The first-order valence-electron chi connectivity index (χ1n) is 23.4. The van der Waals surface area contributed by atoms with Gasteiger partial charge in [-0.3, -0.25) is 0 Å². The van der Waals surface area contributed by atoms with Crippen LogP contribution in [0.15, 0.2) is 267 Å². The molecule has 0 saturated carbocycles. The lowest BCUT2D eigenvalue weighted by Gasteiger charge is -2.17. The van der Waals surface area contributed by atoms with E-state index in [-0.39, 0.29) is 0 Å². The van der Waals surface area contributed by atoms with Crippen LogP contribution in [0.4, 0.5) is 0 Å². The Kier molecular flexibility index (Phi) is 9.54. The van der Waals surface area contributed by atoms with Crippen LogP contribution >= 0.6 is 0 Å². The third kappa shape index (κ3) is 6.57. The summed E-state index contributed by atoms with van der Waals surface area (Å²) in [6, 6.07) is 97.6. The molecule has 0 aliphatic carbocycles. The van der Waals surface area contributed by atoms with Gasteiger partial charge in [0.15, 0.2) is 0 Å². The van der Waals surface area contributed by atoms with E-state index in [2.05, 4.69) is 276 Å². The molecular formula is C66H44N2. The molecule has 0 N–H and O–H groups in total. The monoisotopic (exact) mass is 864 g/mol. The van der Waals surface area contributed by atoms with Crippen LogP contribution in [0.2, 0.25) is 0 Å². The van der Waals surface area contributed by atoms with Gasteiger partial charge < -0.3 is 9.13 Å². The van der Waals surface area contributed by atoms with Gasteiger partial charge in [0.2, 0.25) is 0 Å². The standard InChI is InChI=1S/C66H44N2/c1-7-21-45(22-8-1)48-37-39-54(40-38-48)68-64-56(34-20-36-58(64)62-44-52(47-25-11-3-12-26-47)42-60(66(62)68)50-29-15-5-16-30-50)55-33-19-35-57-61-43-51(46-23-9-2-10-24-46)41-59(49-27-13-4-14-28-49)65(61)67(63(55)57)53-31-17-6-18-32-53/h1-44H. The van der Waals surface area contributed by atoms with Gasteiger partial charge in [-0.15, -0.1) is 0 Å². The Labute approximate surface area is 395 Å². The Balaban J connectivity index is 1.18. The zero-order valence-electron chi connectivity index (χ0n) is 37.3. The van der Waals surface area contributed by atoms with Gasteiger partial charge in [0.25, 0.3) is 0 Å². The van der Waals surface area contributed by atoms with Gasteiger partial charge in [-0.1, -0.05) is 218 Å². The van der Waals surface area contributed by atoms with E-state index in [1.807, 2.05) is 0 Å². The number of rotatable bonds is 8. The lowest BCUT2D eigenvalue weighted by molar-refractivity contribution is 1.17. The zero-order valence-corrected chi connectivity index (χ0v) is 37.3. The summed E-state index contributed by atoms with van der Waals surface area (Å²) < 4.78 is 5.07. The van der Waals surface area contributed by atoms with Crippen LogP contribution in [-0.4, -0.2) is 9.13 Å². The lowest BCUT2D eigenvalue weighted by atomic mass is 9.94. The normalized spacial score (nSPS) is 11.5. The van der Waals surface area contributed by atoms with Gasteiger partial charge in [0, 0.05) is 55.2 Å². The molecule has 2 nitrogen and oxygen atoms in total. The highest BCUT2D eigenvalue weighted by Crippen LogP contribution is 2.48.